The molecule has 0 aliphatic carbocycles. The maximum atomic E-state index is 12.9. The van der Waals surface area contributed by atoms with E-state index < -0.39 is 0 Å². The lowest BCUT2D eigenvalue weighted by molar-refractivity contribution is -0.137. The second kappa shape index (κ2) is 7.96. The van der Waals surface area contributed by atoms with Gasteiger partial charge in [0.25, 0.3) is 5.56 Å². The van der Waals surface area contributed by atoms with Crippen molar-refractivity contribution in [3.8, 4) is 0 Å². The lowest BCUT2D eigenvalue weighted by Crippen LogP contribution is -2.43. The number of para-hydroxylation sites is 1. The van der Waals surface area contributed by atoms with E-state index in [1.54, 1.807) is 15.8 Å². The quantitative estimate of drug-likeness (QED) is 0.806. The second-order valence-corrected chi connectivity index (χ2v) is 7.58. The SMILES string of the molecule is O=C(C1CC(=O)N(c2ccccc2)C1)N1CCC(Cn2cnccc2=O)CC1. The highest BCUT2D eigenvalue weighted by Crippen LogP contribution is 2.28. The van der Waals surface area contributed by atoms with E-state index in [2.05, 4.69) is 4.98 Å². The van der Waals surface area contributed by atoms with Crippen LogP contribution in [0.4, 0.5) is 5.69 Å². The second-order valence-electron chi connectivity index (χ2n) is 7.58. The molecule has 146 valence electrons. The number of anilines is 1. The Balaban J connectivity index is 1.32. The van der Waals surface area contributed by atoms with Gasteiger partial charge < -0.3 is 9.80 Å². The third-order valence-corrected chi connectivity index (χ3v) is 5.72. The smallest absolute Gasteiger partial charge is 0.253 e. The standard InChI is InChI=1S/C21H24N4O3/c26-19-6-9-22-15-24(19)13-16-7-10-23(11-8-16)21(28)17-12-20(27)25(14-17)18-4-2-1-3-5-18/h1-6,9,15-17H,7-8,10-14H2. The summed E-state index contributed by atoms with van der Waals surface area (Å²) in [5.74, 6) is 0.168. The highest BCUT2D eigenvalue weighted by Gasteiger charge is 2.38. The van der Waals surface area contributed by atoms with E-state index in [4.69, 9.17) is 0 Å². The number of hydrogen-bond acceptors (Lipinski definition) is 4. The summed E-state index contributed by atoms with van der Waals surface area (Å²) in [5.41, 5.74) is 0.808. The fraction of sp³-hybridized carbons (Fsp3) is 0.429. The molecule has 0 N–H and O–H groups in total. The Morgan fingerprint density at radius 1 is 1.07 bits per heavy atom. The predicted molar refractivity (Wildman–Crippen MR) is 105 cm³/mol. The molecule has 2 aromatic rings. The van der Waals surface area contributed by atoms with E-state index in [1.807, 2.05) is 35.2 Å². The molecule has 0 saturated carbocycles. The topological polar surface area (TPSA) is 75.5 Å². The minimum atomic E-state index is -0.273. The summed E-state index contributed by atoms with van der Waals surface area (Å²) < 4.78 is 1.63. The van der Waals surface area contributed by atoms with Crippen LogP contribution in [0.3, 0.4) is 0 Å². The molecule has 28 heavy (non-hydrogen) atoms. The van der Waals surface area contributed by atoms with E-state index >= 15 is 0 Å². The van der Waals surface area contributed by atoms with Gasteiger partial charge in [0.15, 0.2) is 0 Å². The summed E-state index contributed by atoms with van der Waals surface area (Å²) in [4.78, 5) is 44.7. The molecule has 7 nitrogen and oxygen atoms in total. The average molecular weight is 380 g/mol. The van der Waals surface area contributed by atoms with Gasteiger partial charge in [-0.05, 0) is 30.9 Å². The molecule has 3 heterocycles. The minimum absolute atomic E-state index is 0.00962. The molecule has 1 atom stereocenters. The fourth-order valence-electron chi connectivity index (χ4n) is 4.12. The molecule has 2 aliphatic rings. The van der Waals surface area contributed by atoms with Crippen molar-refractivity contribution in [3.63, 3.8) is 0 Å². The Labute approximate surface area is 163 Å². The molecule has 1 aromatic carbocycles. The highest BCUT2D eigenvalue weighted by molar-refractivity contribution is 6.00. The summed E-state index contributed by atoms with van der Waals surface area (Å²) in [6.07, 6.45) is 5.06. The van der Waals surface area contributed by atoms with Crippen LogP contribution in [-0.4, -0.2) is 45.9 Å². The van der Waals surface area contributed by atoms with Gasteiger partial charge in [0.05, 0.1) is 12.2 Å². The fourth-order valence-corrected chi connectivity index (χ4v) is 4.12. The van der Waals surface area contributed by atoms with Crippen LogP contribution in [0.5, 0.6) is 0 Å². The zero-order valence-electron chi connectivity index (χ0n) is 15.7. The Hall–Kier alpha value is -2.96. The molecule has 4 rings (SSSR count). The first kappa shape index (κ1) is 18.4. The van der Waals surface area contributed by atoms with Gasteiger partial charge in [-0.15, -0.1) is 0 Å². The lowest BCUT2D eigenvalue weighted by atomic mass is 9.95. The van der Waals surface area contributed by atoms with E-state index in [0.29, 0.717) is 32.1 Å². The average Bonchev–Trinajstić information content (AvgIpc) is 3.12. The van der Waals surface area contributed by atoms with Crippen molar-refractivity contribution in [1.29, 1.82) is 0 Å². The van der Waals surface area contributed by atoms with Gasteiger partial charge >= 0.3 is 0 Å². The van der Waals surface area contributed by atoms with Crippen LogP contribution in [0.25, 0.3) is 0 Å². The molecule has 1 unspecified atom stereocenters. The number of likely N-dealkylation sites (tertiary alicyclic amines) is 1. The van der Waals surface area contributed by atoms with Crippen LogP contribution < -0.4 is 10.5 Å². The summed E-state index contributed by atoms with van der Waals surface area (Å²) >= 11 is 0. The van der Waals surface area contributed by atoms with Crippen molar-refractivity contribution >= 4 is 17.5 Å². The molecule has 7 heteroatoms. The summed E-state index contributed by atoms with van der Waals surface area (Å²) in [6, 6.07) is 11.0. The van der Waals surface area contributed by atoms with Crippen LogP contribution >= 0.6 is 0 Å². The van der Waals surface area contributed by atoms with Crippen molar-refractivity contribution in [2.24, 2.45) is 11.8 Å². The monoisotopic (exact) mass is 380 g/mol. The van der Waals surface area contributed by atoms with Crippen molar-refractivity contribution in [2.75, 3.05) is 24.5 Å². The van der Waals surface area contributed by atoms with Crippen LogP contribution in [0.2, 0.25) is 0 Å². The number of hydrogen-bond donors (Lipinski definition) is 0. The molecule has 2 amide bonds. The summed E-state index contributed by atoms with van der Waals surface area (Å²) in [6.45, 7) is 2.44. The molecule has 2 aliphatic heterocycles. The molecular weight excluding hydrogens is 356 g/mol. The van der Waals surface area contributed by atoms with E-state index in [-0.39, 0.29) is 29.7 Å². The Kier molecular flexibility index (Phi) is 5.23. The highest BCUT2D eigenvalue weighted by atomic mass is 16.2. The number of aromatic nitrogens is 2. The van der Waals surface area contributed by atoms with Gasteiger partial charge in [-0.25, -0.2) is 4.98 Å². The Bertz CT molecular complexity index is 903. The van der Waals surface area contributed by atoms with Crippen LogP contribution in [0.15, 0.2) is 53.7 Å². The normalized spacial score (nSPS) is 20.6. The molecule has 0 radical (unpaired) electrons. The van der Waals surface area contributed by atoms with Crippen LogP contribution in [0, 0.1) is 11.8 Å². The number of carbonyl (C=O) groups excluding carboxylic acids is 2. The van der Waals surface area contributed by atoms with E-state index in [0.717, 1.165) is 18.5 Å². The number of amides is 2. The van der Waals surface area contributed by atoms with Gasteiger partial charge in [0, 0.05) is 50.6 Å². The number of carbonyl (C=O) groups is 2. The summed E-state index contributed by atoms with van der Waals surface area (Å²) in [7, 11) is 0. The molecule has 1 aromatic heterocycles. The van der Waals surface area contributed by atoms with Crippen LogP contribution in [0.1, 0.15) is 19.3 Å². The summed E-state index contributed by atoms with van der Waals surface area (Å²) in [5, 5.41) is 0. The van der Waals surface area contributed by atoms with Gasteiger partial charge in [-0.3, -0.25) is 19.0 Å². The predicted octanol–water partition coefficient (Wildman–Crippen LogP) is 1.54. The van der Waals surface area contributed by atoms with Gasteiger partial charge in [0.1, 0.15) is 0 Å². The third-order valence-electron chi connectivity index (χ3n) is 5.72. The molecule has 2 fully saturated rings. The Morgan fingerprint density at radius 3 is 2.54 bits per heavy atom. The maximum absolute atomic E-state index is 12.9. The molecule has 2 saturated heterocycles. The first-order valence-corrected chi connectivity index (χ1v) is 9.76. The number of benzene rings is 1. The van der Waals surface area contributed by atoms with Crippen molar-refractivity contribution in [2.45, 2.75) is 25.8 Å². The van der Waals surface area contributed by atoms with Crippen molar-refractivity contribution < 1.29 is 9.59 Å². The van der Waals surface area contributed by atoms with E-state index in [1.165, 1.54) is 12.3 Å². The number of nitrogens with zero attached hydrogens (tertiary/aromatic N) is 4. The maximum Gasteiger partial charge on any atom is 0.253 e. The van der Waals surface area contributed by atoms with Crippen LogP contribution in [-0.2, 0) is 16.1 Å². The van der Waals surface area contributed by atoms with Crippen molar-refractivity contribution in [3.05, 3.63) is 59.3 Å². The first-order valence-electron chi connectivity index (χ1n) is 9.76. The lowest BCUT2D eigenvalue weighted by Gasteiger charge is -2.33. The van der Waals surface area contributed by atoms with Gasteiger partial charge in [0.2, 0.25) is 11.8 Å². The molecule has 0 spiro atoms. The number of piperidine rings is 1. The number of rotatable bonds is 4. The zero-order valence-corrected chi connectivity index (χ0v) is 15.7. The zero-order chi connectivity index (χ0) is 19.5. The third kappa shape index (κ3) is 3.83. The largest absolute Gasteiger partial charge is 0.342 e. The first-order chi connectivity index (χ1) is 13.6. The Morgan fingerprint density at radius 2 is 1.82 bits per heavy atom. The van der Waals surface area contributed by atoms with E-state index in [9.17, 15) is 14.4 Å². The minimum Gasteiger partial charge on any atom is -0.342 e. The van der Waals surface area contributed by atoms with Gasteiger partial charge in [-0.2, -0.15) is 0 Å². The molecular formula is C21H24N4O3. The molecule has 0 bridgehead atoms. The van der Waals surface area contributed by atoms with Gasteiger partial charge in [-0.1, -0.05) is 18.2 Å². The van der Waals surface area contributed by atoms with Crippen molar-refractivity contribution in [1.82, 2.24) is 14.5 Å².